The Bertz CT molecular complexity index is 1100. The average molecular weight is 408 g/mol. The van der Waals surface area contributed by atoms with Gasteiger partial charge in [0.15, 0.2) is 0 Å². The summed E-state index contributed by atoms with van der Waals surface area (Å²) in [6.07, 6.45) is 0.869. The average Bonchev–Trinajstić information content (AvgIpc) is 2.77. The summed E-state index contributed by atoms with van der Waals surface area (Å²) in [7, 11) is 1.55. The summed E-state index contributed by atoms with van der Waals surface area (Å²) in [6, 6.07) is 14.0. The number of hydrogen-bond donors (Lipinski definition) is 3. The van der Waals surface area contributed by atoms with E-state index in [-0.39, 0.29) is 17.8 Å². The molecule has 156 valence electrons. The summed E-state index contributed by atoms with van der Waals surface area (Å²) in [5.41, 5.74) is 1.43. The fraction of sp³-hybridized carbons (Fsp3) is 0.261. The SMILES string of the molecule is CCCNc1c(N[C@@H](Cc2cc(OC)ccc2-c2ccccc2)C(=O)O)c(=O)c1=O. The van der Waals surface area contributed by atoms with Crippen LogP contribution in [0.1, 0.15) is 18.9 Å². The minimum Gasteiger partial charge on any atom is -0.497 e. The van der Waals surface area contributed by atoms with E-state index < -0.39 is 22.9 Å². The molecule has 0 saturated heterocycles. The van der Waals surface area contributed by atoms with Crippen LogP contribution in [0.4, 0.5) is 11.4 Å². The maximum atomic E-state index is 12.0. The van der Waals surface area contributed by atoms with E-state index in [1.54, 1.807) is 13.2 Å². The predicted octanol–water partition coefficient (Wildman–Crippen LogP) is 2.89. The van der Waals surface area contributed by atoms with Gasteiger partial charge >= 0.3 is 5.97 Å². The quantitative estimate of drug-likeness (QED) is 0.443. The number of aliphatic carboxylic acids is 1. The van der Waals surface area contributed by atoms with Gasteiger partial charge in [0.2, 0.25) is 0 Å². The molecule has 30 heavy (non-hydrogen) atoms. The molecule has 0 fully saturated rings. The molecule has 1 atom stereocenters. The zero-order valence-corrected chi connectivity index (χ0v) is 16.9. The molecule has 0 aliphatic rings. The van der Waals surface area contributed by atoms with Gasteiger partial charge in [-0.3, -0.25) is 9.59 Å². The van der Waals surface area contributed by atoms with Crippen LogP contribution >= 0.6 is 0 Å². The largest absolute Gasteiger partial charge is 0.497 e. The smallest absolute Gasteiger partial charge is 0.326 e. The molecule has 0 amide bonds. The standard InChI is InChI=1S/C23H24N2O5/c1-3-11-24-19-20(22(27)21(19)26)25-18(23(28)29)13-15-12-16(30-2)9-10-17(15)14-7-5-4-6-8-14/h4-10,12,18,24-25H,3,11,13H2,1-2H3,(H,28,29)/t18-/m0/s1. The number of carboxylic acids is 1. The fourth-order valence-electron chi connectivity index (χ4n) is 3.31. The summed E-state index contributed by atoms with van der Waals surface area (Å²) in [4.78, 5) is 35.8. The van der Waals surface area contributed by atoms with Crippen LogP contribution < -0.4 is 26.2 Å². The van der Waals surface area contributed by atoms with E-state index in [0.717, 1.165) is 23.1 Å². The molecular formula is C23H24N2O5. The molecule has 0 aromatic heterocycles. The molecule has 7 heteroatoms. The number of hydrogen-bond acceptors (Lipinski definition) is 6. The van der Waals surface area contributed by atoms with Crippen molar-refractivity contribution in [2.24, 2.45) is 0 Å². The predicted molar refractivity (Wildman–Crippen MR) is 117 cm³/mol. The number of anilines is 2. The van der Waals surface area contributed by atoms with Crippen LogP contribution in [-0.4, -0.2) is 30.8 Å². The van der Waals surface area contributed by atoms with Crippen LogP contribution in [0.25, 0.3) is 11.1 Å². The maximum Gasteiger partial charge on any atom is 0.326 e. The van der Waals surface area contributed by atoms with Crippen molar-refractivity contribution in [3.8, 4) is 16.9 Å². The summed E-state index contributed by atoms with van der Waals surface area (Å²) >= 11 is 0. The lowest BCUT2D eigenvalue weighted by Gasteiger charge is -2.21. The second-order valence-electron chi connectivity index (χ2n) is 6.96. The molecule has 0 heterocycles. The van der Waals surface area contributed by atoms with Crippen LogP contribution in [0.2, 0.25) is 0 Å². The van der Waals surface area contributed by atoms with Gasteiger partial charge in [-0.1, -0.05) is 43.3 Å². The third-order valence-electron chi connectivity index (χ3n) is 4.90. The Morgan fingerprint density at radius 3 is 2.40 bits per heavy atom. The van der Waals surface area contributed by atoms with Crippen LogP contribution in [0.3, 0.4) is 0 Å². The Morgan fingerprint density at radius 2 is 1.77 bits per heavy atom. The minimum absolute atomic E-state index is 0.0324. The van der Waals surface area contributed by atoms with Crippen molar-refractivity contribution in [1.82, 2.24) is 0 Å². The van der Waals surface area contributed by atoms with E-state index in [1.165, 1.54) is 0 Å². The van der Waals surface area contributed by atoms with E-state index >= 15 is 0 Å². The van der Waals surface area contributed by atoms with Gasteiger partial charge in [0.25, 0.3) is 10.9 Å². The van der Waals surface area contributed by atoms with Gasteiger partial charge in [-0.25, -0.2) is 4.79 Å². The van der Waals surface area contributed by atoms with Gasteiger partial charge in [-0.15, -0.1) is 0 Å². The maximum absolute atomic E-state index is 12.0. The number of benzene rings is 2. The van der Waals surface area contributed by atoms with Crippen LogP contribution in [-0.2, 0) is 11.2 Å². The van der Waals surface area contributed by atoms with Gasteiger partial charge in [-0.05, 0) is 35.2 Å². The summed E-state index contributed by atoms with van der Waals surface area (Å²) in [5.74, 6) is -0.514. The van der Waals surface area contributed by atoms with Gasteiger partial charge < -0.3 is 20.5 Å². The molecular weight excluding hydrogens is 384 g/mol. The Hall–Kier alpha value is -3.61. The van der Waals surface area contributed by atoms with Crippen molar-refractivity contribution in [2.45, 2.75) is 25.8 Å². The van der Waals surface area contributed by atoms with Crippen molar-refractivity contribution in [2.75, 3.05) is 24.3 Å². The first-order valence-corrected chi connectivity index (χ1v) is 9.75. The highest BCUT2D eigenvalue weighted by Crippen LogP contribution is 2.29. The van der Waals surface area contributed by atoms with Crippen LogP contribution in [0, 0.1) is 0 Å². The Balaban J connectivity index is 1.93. The molecule has 0 bridgehead atoms. The van der Waals surface area contributed by atoms with E-state index in [9.17, 15) is 19.5 Å². The normalized spacial score (nSPS) is 11.8. The zero-order valence-electron chi connectivity index (χ0n) is 16.9. The lowest BCUT2D eigenvalue weighted by Crippen LogP contribution is -2.42. The lowest BCUT2D eigenvalue weighted by atomic mass is 9.94. The van der Waals surface area contributed by atoms with E-state index in [0.29, 0.717) is 12.3 Å². The van der Waals surface area contributed by atoms with E-state index in [2.05, 4.69) is 10.6 Å². The second kappa shape index (κ2) is 9.26. The summed E-state index contributed by atoms with van der Waals surface area (Å²) in [5, 5.41) is 15.4. The summed E-state index contributed by atoms with van der Waals surface area (Å²) < 4.78 is 5.31. The molecule has 0 aliphatic heterocycles. The van der Waals surface area contributed by atoms with Crippen molar-refractivity contribution < 1.29 is 14.6 Å². The molecule has 3 aromatic carbocycles. The lowest BCUT2D eigenvalue weighted by molar-refractivity contribution is -0.137. The number of carboxylic acid groups (broad SMARTS) is 1. The topological polar surface area (TPSA) is 105 Å². The van der Waals surface area contributed by atoms with Crippen LogP contribution in [0.15, 0.2) is 58.1 Å². The van der Waals surface area contributed by atoms with E-state index in [1.807, 2.05) is 49.4 Å². The Labute approximate surface area is 174 Å². The van der Waals surface area contributed by atoms with Crippen molar-refractivity contribution in [3.63, 3.8) is 0 Å². The summed E-state index contributed by atoms with van der Waals surface area (Å²) in [6.45, 7) is 2.45. The number of nitrogens with one attached hydrogen (secondary N) is 2. The molecule has 0 spiro atoms. The van der Waals surface area contributed by atoms with Gasteiger partial charge in [0, 0.05) is 13.0 Å². The van der Waals surface area contributed by atoms with E-state index in [4.69, 9.17) is 4.74 Å². The molecule has 3 N–H and O–H groups in total. The first kappa shape index (κ1) is 21.1. The van der Waals surface area contributed by atoms with Gasteiger partial charge in [0.05, 0.1) is 7.11 Å². The molecule has 0 radical (unpaired) electrons. The Kier molecular flexibility index (Phi) is 6.51. The molecule has 0 unspecified atom stereocenters. The van der Waals surface area contributed by atoms with Gasteiger partial charge in [-0.2, -0.15) is 0 Å². The highest BCUT2D eigenvalue weighted by molar-refractivity contribution is 5.83. The molecule has 3 aromatic rings. The number of rotatable bonds is 10. The van der Waals surface area contributed by atoms with Crippen LogP contribution in [0.5, 0.6) is 5.75 Å². The fourth-order valence-corrected chi connectivity index (χ4v) is 3.31. The van der Waals surface area contributed by atoms with Crippen molar-refractivity contribution in [3.05, 3.63) is 74.5 Å². The monoisotopic (exact) mass is 408 g/mol. The number of ether oxygens (including phenoxy) is 1. The first-order chi connectivity index (χ1) is 14.5. The Morgan fingerprint density at radius 1 is 1.07 bits per heavy atom. The van der Waals surface area contributed by atoms with Gasteiger partial charge in [0.1, 0.15) is 23.2 Å². The third-order valence-corrected chi connectivity index (χ3v) is 4.90. The number of methoxy groups -OCH3 is 1. The minimum atomic E-state index is -1.12. The first-order valence-electron chi connectivity index (χ1n) is 9.75. The second-order valence-corrected chi connectivity index (χ2v) is 6.96. The highest BCUT2D eigenvalue weighted by atomic mass is 16.5. The third kappa shape index (κ3) is 4.35. The molecule has 7 nitrogen and oxygen atoms in total. The molecule has 0 saturated carbocycles. The van der Waals surface area contributed by atoms with Crippen molar-refractivity contribution >= 4 is 17.3 Å². The van der Waals surface area contributed by atoms with Crippen molar-refractivity contribution in [1.29, 1.82) is 0 Å². The highest BCUT2D eigenvalue weighted by Gasteiger charge is 2.27. The molecule has 3 rings (SSSR count). The number of carbonyl (C=O) groups is 1. The zero-order chi connectivity index (χ0) is 21.7. The molecule has 0 aliphatic carbocycles.